The molecule has 2 heterocycles. The van der Waals surface area contributed by atoms with Gasteiger partial charge >= 0.3 is 0 Å². The summed E-state index contributed by atoms with van der Waals surface area (Å²) in [6, 6.07) is 3.75. The van der Waals surface area contributed by atoms with Gasteiger partial charge in [-0.05, 0) is 31.4 Å². The van der Waals surface area contributed by atoms with Crippen LogP contribution in [-0.4, -0.2) is 40.1 Å². The molecule has 0 spiro atoms. The zero-order valence-corrected chi connectivity index (χ0v) is 10.0. The van der Waals surface area contributed by atoms with Crippen LogP contribution >= 0.6 is 0 Å². The monoisotopic (exact) mass is 234 g/mol. The highest BCUT2D eigenvalue weighted by molar-refractivity contribution is 5.83. The van der Waals surface area contributed by atoms with E-state index in [0.29, 0.717) is 6.54 Å². The summed E-state index contributed by atoms with van der Waals surface area (Å²) in [7, 11) is 0. The fourth-order valence-corrected chi connectivity index (χ4v) is 2.20. The number of likely N-dealkylation sites (tertiary alicyclic amines) is 1. The summed E-state index contributed by atoms with van der Waals surface area (Å²) < 4.78 is 0. The Bertz CT molecular complexity index is 380. The van der Waals surface area contributed by atoms with Gasteiger partial charge in [0.05, 0.1) is 12.0 Å². The second kappa shape index (κ2) is 5.27. The van der Waals surface area contributed by atoms with Crippen LogP contribution in [0.3, 0.4) is 0 Å². The van der Waals surface area contributed by atoms with Crippen LogP contribution in [0.2, 0.25) is 0 Å². The second-order valence-electron chi connectivity index (χ2n) is 4.59. The Hall–Kier alpha value is -1.42. The first kappa shape index (κ1) is 12.0. The summed E-state index contributed by atoms with van der Waals surface area (Å²) in [4.78, 5) is 18.0. The molecule has 0 radical (unpaired) electrons. The van der Waals surface area contributed by atoms with Crippen LogP contribution in [0.4, 0.5) is 0 Å². The van der Waals surface area contributed by atoms with E-state index in [9.17, 15) is 9.90 Å². The van der Waals surface area contributed by atoms with Gasteiger partial charge in [-0.3, -0.25) is 9.78 Å². The van der Waals surface area contributed by atoms with Crippen molar-refractivity contribution in [3.8, 4) is 0 Å². The van der Waals surface area contributed by atoms with E-state index in [1.54, 1.807) is 17.3 Å². The Morgan fingerprint density at radius 3 is 3.12 bits per heavy atom. The zero-order chi connectivity index (χ0) is 12.3. The standard InChI is InChI=1S/C13H18N2O2/c1-10(11-4-2-6-14-8-11)13(17)15-7-3-5-12(16)9-15/h2,4,6,8,10,12,16H,3,5,7,9H2,1H3. The van der Waals surface area contributed by atoms with Crippen molar-refractivity contribution in [1.29, 1.82) is 0 Å². The normalized spacial score (nSPS) is 22.2. The quantitative estimate of drug-likeness (QED) is 0.835. The van der Waals surface area contributed by atoms with Crippen LogP contribution in [-0.2, 0) is 4.79 Å². The van der Waals surface area contributed by atoms with E-state index in [0.717, 1.165) is 24.9 Å². The summed E-state index contributed by atoms with van der Waals surface area (Å²) in [5, 5.41) is 9.57. The predicted octanol–water partition coefficient (Wildman–Crippen LogP) is 1.17. The molecule has 2 rings (SSSR count). The first-order valence-electron chi connectivity index (χ1n) is 6.05. The van der Waals surface area contributed by atoms with Crippen molar-refractivity contribution < 1.29 is 9.90 Å². The third-order valence-electron chi connectivity index (χ3n) is 3.26. The summed E-state index contributed by atoms with van der Waals surface area (Å²) >= 11 is 0. The zero-order valence-electron chi connectivity index (χ0n) is 10.0. The number of aromatic nitrogens is 1. The maximum absolute atomic E-state index is 12.2. The molecular weight excluding hydrogens is 216 g/mol. The average Bonchev–Trinajstić information content (AvgIpc) is 2.38. The third kappa shape index (κ3) is 2.82. The minimum atomic E-state index is -0.367. The number of hydrogen-bond donors (Lipinski definition) is 1. The largest absolute Gasteiger partial charge is 0.391 e. The number of carbonyl (C=O) groups is 1. The lowest BCUT2D eigenvalue weighted by Crippen LogP contribution is -2.43. The van der Waals surface area contributed by atoms with Crippen LogP contribution in [0, 0.1) is 0 Å². The van der Waals surface area contributed by atoms with Gasteiger partial charge < -0.3 is 10.0 Å². The maximum atomic E-state index is 12.2. The van der Waals surface area contributed by atoms with Crippen molar-refractivity contribution in [2.75, 3.05) is 13.1 Å². The number of piperidine rings is 1. The molecule has 1 aromatic rings. The molecule has 17 heavy (non-hydrogen) atoms. The Balaban J connectivity index is 2.04. The Morgan fingerprint density at radius 2 is 2.47 bits per heavy atom. The number of β-amino-alcohol motifs (C(OH)–C–C–N with tert-alkyl or cyclic N) is 1. The Kier molecular flexibility index (Phi) is 3.74. The molecule has 4 heteroatoms. The van der Waals surface area contributed by atoms with Crippen LogP contribution in [0.1, 0.15) is 31.2 Å². The second-order valence-corrected chi connectivity index (χ2v) is 4.59. The summed E-state index contributed by atoms with van der Waals surface area (Å²) in [6.07, 6.45) is 4.74. The van der Waals surface area contributed by atoms with E-state index in [1.807, 2.05) is 19.1 Å². The number of hydrogen-bond acceptors (Lipinski definition) is 3. The van der Waals surface area contributed by atoms with E-state index < -0.39 is 0 Å². The minimum absolute atomic E-state index is 0.0803. The first-order valence-corrected chi connectivity index (χ1v) is 6.05. The van der Waals surface area contributed by atoms with Crippen molar-refractivity contribution in [2.45, 2.75) is 31.8 Å². The molecule has 1 fully saturated rings. The van der Waals surface area contributed by atoms with Gasteiger partial charge in [0.2, 0.25) is 5.91 Å². The molecule has 0 bridgehead atoms. The molecule has 1 aromatic heterocycles. The smallest absolute Gasteiger partial charge is 0.229 e. The van der Waals surface area contributed by atoms with E-state index in [1.165, 1.54) is 0 Å². The molecular formula is C13H18N2O2. The van der Waals surface area contributed by atoms with Gasteiger partial charge in [0.15, 0.2) is 0 Å². The van der Waals surface area contributed by atoms with Crippen LogP contribution in [0.5, 0.6) is 0 Å². The highest BCUT2D eigenvalue weighted by atomic mass is 16.3. The van der Waals surface area contributed by atoms with Gasteiger partial charge in [-0.1, -0.05) is 6.07 Å². The van der Waals surface area contributed by atoms with Crippen molar-refractivity contribution >= 4 is 5.91 Å². The number of nitrogens with zero attached hydrogens (tertiary/aromatic N) is 2. The highest BCUT2D eigenvalue weighted by Crippen LogP contribution is 2.19. The van der Waals surface area contributed by atoms with Crippen LogP contribution in [0.25, 0.3) is 0 Å². The number of pyridine rings is 1. The number of aliphatic hydroxyl groups is 1. The van der Waals surface area contributed by atoms with Gasteiger partial charge in [-0.2, -0.15) is 0 Å². The lowest BCUT2D eigenvalue weighted by atomic mass is 9.99. The molecule has 0 saturated carbocycles. The lowest BCUT2D eigenvalue weighted by molar-refractivity contribution is -0.135. The molecule has 1 N–H and O–H groups in total. The lowest BCUT2D eigenvalue weighted by Gasteiger charge is -2.32. The highest BCUT2D eigenvalue weighted by Gasteiger charge is 2.26. The molecule has 4 nitrogen and oxygen atoms in total. The van der Waals surface area contributed by atoms with Crippen molar-refractivity contribution in [2.24, 2.45) is 0 Å². The molecule has 1 aliphatic rings. The van der Waals surface area contributed by atoms with E-state index in [4.69, 9.17) is 0 Å². The van der Waals surface area contributed by atoms with Crippen molar-refractivity contribution in [1.82, 2.24) is 9.88 Å². The van der Waals surface area contributed by atoms with E-state index >= 15 is 0 Å². The average molecular weight is 234 g/mol. The van der Waals surface area contributed by atoms with Gasteiger partial charge in [-0.15, -0.1) is 0 Å². The van der Waals surface area contributed by atoms with E-state index in [2.05, 4.69) is 4.98 Å². The Labute approximate surface area is 101 Å². The number of aliphatic hydroxyl groups excluding tert-OH is 1. The van der Waals surface area contributed by atoms with Crippen LogP contribution in [0.15, 0.2) is 24.5 Å². The Morgan fingerprint density at radius 1 is 1.65 bits per heavy atom. The molecule has 1 aliphatic heterocycles. The number of carbonyl (C=O) groups excluding carboxylic acids is 1. The summed E-state index contributed by atoms with van der Waals surface area (Å²) in [5.74, 6) is -0.106. The molecule has 2 unspecified atom stereocenters. The summed E-state index contributed by atoms with van der Waals surface area (Å²) in [6.45, 7) is 3.10. The topological polar surface area (TPSA) is 53.4 Å². The van der Waals surface area contributed by atoms with E-state index in [-0.39, 0.29) is 17.9 Å². The molecule has 0 aromatic carbocycles. The van der Waals surface area contributed by atoms with Crippen molar-refractivity contribution in [3.05, 3.63) is 30.1 Å². The van der Waals surface area contributed by atoms with Crippen LogP contribution < -0.4 is 0 Å². The molecule has 2 atom stereocenters. The van der Waals surface area contributed by atoms with Crippen molar-refractivity contribution in [3.63, 3.8) is 0 Å². The van der Waals surface area contributed by atoms with Gasteiger partial charge in [0.25, 0.3) is 0 Å². The molecule has 92 valence electrons. The van der Waals surface area contributed by atoms with Gasteiger partial charge in [0.1, 0.15) is 0 Å². The third-order valence-corrected chi connectivity index (χ3v) is 3.26. The van der Waals surface area contributed by atoms with Gasteiger partial charge in [0, 0.05) is 25.5 Å². The van der Waals surface area contributed by atoms with Gasteiger partial charge in [-0.25, -0.2) is 0 Å². The first-order chi connectivity index (χ1) is 8.18. The molecule has 0 aliphatic carbocycles. The number of rotatable bonds is 2. The minimum Gasteiger partial charge on any atom is -0.391 e. The molecule has 1 amide bonds. The fourth-order valence-electron chi connectivity index (χ4n) is 2.20. The SMILES string of the molecule is CC(C(=O)N1CCCC(O)C1)c1cccnc1. The molecule has 1 saturated heterocycles. The maximum Gasteiger partial charge on any atom is 0.229 e. The predicted molar refractivity (Wildman–Crippen MR) is 64.5 cm³/mol. The fraction of sp³-hybridized carbons (Fsp3) is 0.538. The number of amides is 1. The summed E-state index contributed by atoms with van der Waals surface area (Å²) in [5.41, 5.74) is 0.928.